The van der Waals surface area contributed by atoms with Crippen LogP contribution in [0.1, 0.15) is 25.4 Å². The highest BCUT2D eigenvalue weighted by molar-refractivity contribution is 5.93. The normalized spacial score (nSPS) is 10.9. The number of aromatic nitrogens is 2. The van der Waals surface area contributed by atoms with Crippen molar-refractivity contribution in [2.45, 2.75) is 27.3 Å². The number of hydrogen-bond donors (Lipinski definition) is 2. The van der Waals surface area contributed by atoms with E-state index in [1.165, 1.54) is 6.92 Å². The summed E-state index contributed by atoms with van der Waals surface area (Å²) < 4.78 is 0. The number of anilines is 2. The number of para-hydroxylation sites is 1. The highest BCUT2D eigenvalue weighted by Crippen LogP contribution is 2.16. The average molecular weight is 391 g/mol. The zero-order chi connectivity index (χ0) is 20.8. The Balaban J connectivity index is 1.62. The molecule has 0 aliphatic heterocycles. The Labute approximate surface area is 170 Å². The molecule has 0 saturated heterocycles. The second-order valence-electron chi connectivity index (χ2n) is 6.85. The third kappa shape index (κ3) is 5.58. The van der Waals surface area contributed by atoms with Crippen molar-refractivity contribution in [3.8, 4) is 0 Å². The summed E-state index contributed by atoms with van der Waals surface area (Å²) in [5.41, 5.74) is 3.22. The van der Waals surface area contributed by atoms with Crippen LogP contribution in [-0.2, 0) is 16.1 Å². The van der Waals surface area contributed by atoms with Crippen molar-refractivity contribution in [2.24, 2.45) is 0 Å². The molecule has 1 aromatic heterocycles. The molecule has 0 unspecified atom stereocenters. The third-order valence-electron chi connectivity index (χ3n) is 4.51. The lowest BCUT2D eigenvalue weighted by molar-refractivity contribution is -0.117. The van der Waals surface area contributed by atoms with Crippen molar-refractivity contribution >= 4 is 34.1 Å². The van der Waals surface area contributed by atoms with Gasteiger partial charge in [-0.1, -0.05) is 25.1 Å². The largest absolute Gasteiger partial charge is 0.326 e. The van der Waals surface area contributed by atoms with E-state index in [-0.39, 0.29) is 18.4 Å². The molecule has 1 heterocycles. The first-order chi connectivity index (χ1) is 13.9. The first-order valence-corrected chi connectivity index (χ1v) is 9.56. The van der Waals surface area contributed by atoms with E-state index in [1.807, 2.05) is 43.0 Å². The van der Waals surface area contributed by atoms with Crippen LogP contribution in [0.2, 0.25) is 0 Å². The summed E-state index contributed by atoms with van der Waals surface area (Å²) in [6, 6.07) is 14.9. The molecule has 0 aliphatic rings. The van der Waals surface area contributed by atoms with Crippen LogP contribution in [0.3, 0.4) is 0 Å². The number of amides is 2. The minimum atomic E-state index is -0.133. The molecular weight excluding hydrogens is 366 g/mol. The lowest BCUT2D eigenvalue weighted by Crippen LogP contribution is -2.33. The molecule has 150 valence electrons. The Kier molecular flexibility index (Phi) is 6.51. The smallest absolute Gasteiger partial charge is 0.238 e. The summed E-state index contributed by atoms with van der Waals surface area (Å²) in [5, 5.41) is 6.62. The Bertz CT molecular complexity index is 1020. The van der Waals surface area contributed by atoms with Gasteiger partial charge in [-0.2, -0.15) is 0 Å². The van der Waals surface area contributed by atoms with Gasteiger partial charge in [0.25, 0.3) is 0 Å². The Morgan fingerprint density at radius 2 is 1.62 bits per heavy atom. The molecule has 0 atom stereocenters. The summed E-state index contributed by atoms with van der Waals surface area (Å²) >= 11 is 0. The van der Waals surface area contributed by atoms with Gasteiger partial charge in [0.15, 0.2) is 0 Å². The van der Waals surface area contributed by atoms with Crippen LogP contribution >= 0.6 is 0 Å². The fourth-order valence-electron chi connectivity index (χ4n) is 3.09. The van der Waals surface area contributed by atoms with Gasteiger partial charge in [0, 0.05) is 29.4 Å². The second-order valence-corrected chi connectivity index (χ2v) is 6.85. The predicted octanol–water partition coefficient (Wildman–Crippen LogP) is 3.36. The fraction of sp³-hybridized carbons (Fsp3) is 0.273. The van der Waals surface area contributed by atoms with E-state index in [9.17, 15) is 9.59 Å². The Morgan fingerprint density at radius 1 is 0.966 bits per heavy atom. The number of aryl methyl sites for hydroxylation is 1. The summed E-state index contributed by atoms with van der Waals surface area (Å²) in [6.45, 7) is 6.86. The maximum absolute atomic E-state index is 12.5. The molecule has 2 N–H and O–H groups in total. The number of rotatable bonds is 7. The minimum Gasteiger partial charge on any atom is -0.326 e. The highest BCUT2D eigenvalue weighted by atomic mass is 16.2. The minimum absolute atomic E-state index is 0.114. The van der Waals surface area contributed by atoms with E-state index in [0.29, 0.717) is 30.3 Å². The number of nitrogens with zero attached hydrogens (tertiary/aromatic N) is 3. The zero-order valence-electron chi connectivity index (χ0n) is 16.9. The van der Waals surface area contributed by atoms with Crippen molar-refractivity contribution in [2.75, 3.05) is 23.7 Å². The number of benzene rings is 2. The molecule has 0 fully saturated rings. The molecule has 0 radical (unpaired) electrons. The van der Waals surface area contributed by atoms with Gasteiger partial charge in [0.2, 0.25) is 11.8 Å². The van der Waals surface area contributed by atoms with Gasteiger partial charge in [-0.15, -0.1) is 0 Å². The number of fused-ring (bicyclic) bond motifs is 1. The lowest BCUT2D eigenvalue weighted by Gasteiger charge is -2.19. The molecule has 0 bridgehead atoms. The van der Waals surface area contributed by atoms with Crippen molar-refractivity contribution in [3.63, 3.8) is 0 Å². The number of likely N-dealkylation sites (N-methyl/N-ethyl adjacent to an activating group) is 1. The van der Waals surface area contributed by atoms with Gasteiger partial charge in [0.05, 0.1) is 18.6 Å². The van der Waals surface area contributed by atoms with Gasteiger partial charge in [-0.3, -0.25) is 14.5 Å². The molecule has 0 saturated carbocycles. The lowest BCUT2D eigenvalue weighted by atomic mass is 10.2. The molecule has 2 aromatic carbocycles. The monoisotopic (exact) mass is 391 g/mol. The number of carbonyl (C=O) groups excluding carboxylic acids is 2. The second kappa shape index (κ2) is 9.25. The van der Waals surface area contributed by atoms with Gasteiger partial charge < -0.3 is 10.6 Å². The number of nitrogens with one attached hydrogen (secondary N) is 2. The van der Waals surface area contributed by atoms with Crippen molar-refractivity contribution in [1.82, 2.24) is 14.9 Å². The van der Waals surface area contributed by atoms with Crippen molar-refractivity contribution in [3.05, 3.63) is 60.0 Å². The first-order valence-electron chi connectivity index (χ1n) is 9.56. The van der Waals surface area contributed by atoms with Gasteiger partial charge in [0.1, 0.15) is 5.82 Å². The van der Waals surface area contributed by atoms with Crippen LogP contribution in [0, 0.1) is 6.92 Å². The van der Waals surface area contributed by atoms with Crippen LogP contribution in [0.4, 0.5) is 11.4 Å². The van der Waals surface area contributed by atoms with Gasteiger partial charge in [-0.25, -0.2) is 9.97 Å². The van der Waals surface area contributed by atoms with Gasteiger partial charge in [-0.05, 0) is 43.8 Å². The quantitative estimate of drug-likeness (QED) is 0.645. The van der Waals surface area contributed by atoms with E-state index in [1.54, 1.807) is 24.3 Å². The summed E-state index contributed by atoms with van der Waals surface area (Å²) in [7, 11) is 0. The molecule has 7 heteroatoms. The summed E-state index contributed by atoms with van der Waals surface area (Å²) in [4.78, 5) is 34.7. The topological polar surface area (TPSA) is 87.2 Å². The van der Waals surface area contributed by atoms with E-state index in [0.717, 1.165) is 16.6 Å². The van der Waals surface area contributed by atoms with Gasteiger partial charge >= 0.3 is 0 Å². The van der Waals surface area contributed by atoms with Crippen LogP contribution in [0.15, 0.2) is 48.5 Å². The Morgan fingerprint density at radius 3 is 2.28 bits per heavy atom. The molecule has 7 nitrogen and oxygen atoms in total. The standard InChI is InChI=1S/C22H25N5O2/c1-4-27(13-21-23-15(2)19-7-5-6-8-20(19)26-21)14-22(29)25-18-11-9-17(10-12-18)24-16(3)28/h5-12H,4,13-14H2,1-3H3,(H,24,28)(H,25,29). The van der Waals surface area contributed by atoms with E-state index in [4.69, 9.17) is 0 Å². The zero-order valence-corrected chi connectivity index (χ0v) is 16.9. The van der Waals surface area contributed by atoms with Crippen LogP contribution in [0.5, 0.6) is 0 Å². The molecule has 0 spiro atoms. The molecular formula is C22H25N5O2. The third-order valence-corrected chi connectivity index (χ3v) is 4.51. The van der Waals surface area contributed by atoms with Crippen LogP contribution in [0.25, 0.3) is 10.9 Å². The summed E-state index contributed by atoms with van der Waals surface area (Å²) in [5.74, 6) is 0.457. The highest BCUT2D eigenvalue weighted by Gasteiger charge is 2.13. The first kappa shape index (κ1) is 20.4. The molecule has 3 aromatic rings. The molecule has 3 rings (SSSR count). The maximum atomic E-state index is 12.5. The fourth-order valence-corrected chi connectivity index (χ4v) is 3.09. The number of hydrogen-bond acceptors (Lipinski definition) is 5. The SMILES string of the molecule is CCN(CC(=O)Nc1ccc(NC(C)=O)cc1)Cc1nc(C)c2ccccc2n1. The van der Waals surface area contributed by atoms with E-state index >= 15 is 0 Å². The maximum Gasteiger partial charge on any atom is 0.238 e. The van der Waals surface area contributed by atoms with E-state index < -0.39 is 0 Å². The number of carbonyl (C=O) groups is 2. The molecule has 0 aliphatic carbocycles. The average Bonchev–Trinajstić information content (AvgIpc) is 2.68. The predicted molar refractivity (Wildman–Crippen MR) is 115 cm³/mol. The Hall–Kier alpha value is -3.32. The van der Waals surface area contributed by atoms with Crippen LogP contribution < -0.4 is 10.6 Å². The van der Waals surface area contributed by atoms with Crippen molar-refractivity contribution in [1.29, 1.82) is 0 Å². The van der Waals surface area contributed by atoms with Crippen molar-refractivity contribution < 1.29 is 9.59 Å². The summed E-state index contributed by atoms with van der Waals surface area (Å²) in [6.07, 6.45) is 0. The van der Waals surface area contributed by atoms with E-state index in [2.05, 4.69) is 20.6 Å². The molecule has 29 heavy (non-hydrogen) atoms. The molecule has 2 amide bonds. The van der Waals surface area contributed by atoms with Crippen LogP contribution in [-0.4, -0.2) is 39.8 Å².